The number of H-pyrrole nitrogens is 1. The Labute approximate surface area is 286 Å². The molecule has 1 amide bonds. The van der Waals surface area contributed by atoms with E-state index in [0.29, 0.717) is 22.5 Å². The second-order valence-corrected chi connectivity index (χ2v) is 14.2. The number of hydrogen-bond donors (Lipinski definition) is 2. The number of aromatic hydroxyl groups is 1. The molecule has 2 heterocycles. The molecule has 1 aliphatic rings. The van der Waals surface area contributed by atoms with Gasteiger partial charge in [-0.05, 0) is 41.0 Å². The van der Waals surface area contributed by atoms with Crippen molar-refractivity contribution in [1.82, 2.24) is 4.98 Å². The van der Waals surface area contributed by atoms with E-state index < -0.39 is 0 Å². The number of aliphatic imine (C=N–C) groups is 1. The van der Waals surface area contributed by atoms with Crippen molar-refractivity contribution in [3.05, 3.63) is 95.6 Å². The van der Waals surface area contributed by atoms with Crippen molar-refractivity contribution in [2.45, 2.75) is 115 Å². The van der Waals surface area contributed by atoms with Crippen LogP contribution in [0.15, 0.2) is 88.8 Å². The smallest absolute Gasteiger partial charge is 0.280 e. The van der Waals surface area contributed by atoms with Gasteiger partial charge in [0.25, 0.3) is 5.91 Å². The number of aromatic amines is 1. The van der Waals surface area contributed by atoms with Crippen LogP contribution in [0.3, 0.4) is 0 Å². The summed E-state index contributed by atoms with van der Waals surface area (Å²) in [6.45, 7) is 2.29. The van der Waals surface area contributed by atoms with E-state index >= 15 is 0 Å². The standard InChI is InChI=1S/C42H52N2O2S/c1-2-3-4-5-6-7-8-9-10-11-12-13-14-15-16-20-31-47-36-29-27-35(28-30-36)40-38-37(41(45)44-40)39(43-42(38)46)34-25-23-33(24-26-34)32-21-18-17-19-22-32/h17-19,21-30,44-45H,2-16,20,31H2,1H3. The number of carbonyl (C=O) groups is 1. The number of rotatable bonds is 21. The maximum absolute atomic E-state index is 13.1. The number of hydrogen-bond acceptors (Lipinski definition) is 3. The summed E-state index contributed by atoms with van der Waals surface area (Å²) in [6.07, 6.45) is 22.2. The number of carbonyl (C=O) groups excluding carboxylic acids is 1. The van der Waals surface area contributed by atoms with Crippen molar-refractivity contribution in [3.63, 3.8) is 0 Å². The molecule has 5 heteroatoms. The summed E-state index contributed by atoms with van der Waals surface area (Å²) >= 11 is 1.89. The van der Waals surface area contributed by atoms with E-state index in [0.717, 1.165) is 28.0 Å². The molecule has 2 N–H and O–H groups in total. The first-order valence-corrected chi connectivity index (χ1v) is 19.1. The molecule has 0 fully saturated rings. The maximum Gasteiger partial charge on any atom is 0.280 e. The summed E-state index contributed by atoms with van der Waals surface area (Å²) in [4.78, 5) is 21.7. The largest absolute Gasteiger partial charge is 0.494 e. The van der Waals surface area contributed by atoms with Crippen molar-refractivity contribution in [1.29, 1.82) is 0 Å². The Morgan fingerprint density at radius 2 is 1.06 bits per heavy atom. The van der Waals surface area contributed by atoms with Crippen LogP contribution in [0, 0.1) is 0 Å². The first kappa shape index (κ1) is 34.8. The van der Waals surface area contributed by atoms with Gasteiger partial charge in [-0.3, -0.25) is 4.79 Å². The number of benzene rings is 3. The van der Waals surface area contributed by atoms with Crippen molar-refractivity contribution >= 4 is 23.4 Å². The van der Waals surface area contributed by atoms with E-state index in [-0.39, 0.29) is 11.8 Å². The third kappa shape index (κ3) is 9.96. The summed E-state index contributed by atoms with van der Waals surface area (Å²) < 4.78 is 0. The first-order chi connectivity index (χ1) is 23.2. The summed E-state index contributed by atoms with van der Waals surface area (Å²) in [5.74, 6) is 0.777. The summed E-state index contributed by atoms with van der Waals surface area (Å²) in [5.41, 5.74) is 5.95. The highest BCUT2D eigenvalue weighted by molar-refractivity contribution is 7.99. The molecular formula is C42H52N2O2S. The normalized spacial score (nSPS) is 12.4. The summed E-state index contributed by atoms with van der Waals surface area (Å²) in [5, 5.41) is 10.9. The van der Waals surface area contributed by atoms with Crippen LogP contribution in [0.2, 0.25) is 0 Å². The molecule has 4 nitrogen and oxygen atoms in total. The van der Waals surface area contributed by atoms with Crippen LogP contribution >= 0.6 is 11.8 Å². The second kappa shape index (κ2) is 18.7. The summed E-state index contributed by atoms with van der Waals surface area (Å²) in [7, 11) is 0. The zero-order chi connectivity index (χ0) is 32.7. The van der Waals surface area contributed by atoms with Gasteiger partial charge in [0, 0.05) is 10.5 Å². The molecule has 0 aliphatic carbocycles. The molecular weight excluding hydrogens is 597 g/mol. The Hall–Kier alpha value is -3.57. The molecule has 0 unspecified atom stereocenters. The maximum atomic E-state index is 13.1. The highest BCUT2D eigenvalue weighted by Gasteiger charge is 2.33. The topological polar surface area (TPSA) is 65.4 Å². The fraction of sp³-hybridized carbons (Fsp3) is 0.429. The van der Waals surface area contributed by atoms with Gasteiger partial charge in [0.2, 0.25) is 0 Å². The van der Waals surface area contributed by atoms with E-state index in [1.165, 1.54) is 108 Å². The number of unbranched alkanes of at least 4 members (excludes halogenated alkanes) is 15. The zero-order valence-corrected chi connectivity index (χ0v) is 29.1. The molecule has 3 aromatic carbocycles. The third-order valence-electron chi connectivity index (χ3n) is 9.32. The van der Waals surface area contributed by atoms with Crippen LogP contribution in [0.25, 0.3) is 22.4 Å². The average molecular weight is 649 g/mol. The molecule has 5 rings (SSSR count). The number of amides is 1. The van der Waals surface area contributed by atoms with Gasteiger partial charge in [0.1, 0.15) is 0 Å². The Morgan fingerprint density at radius 3 is 1.64 bits per heavy atom. The predicted octanol–water partition coefficient (Wildman–Crippen LogP) is 12.4. The average Bonchev–Trinajstić information content (AvgIpc) is 3.64. The van der Waals surface area contributed by atoms with Crippen LogP contribution in [0.4, 0.5) is 0 Å². The number of thioether (sulfide) groups is 1. The van der Waals surface area contributed by atoms with Crippen molar-refractivity contribution in [2.75, 3.05) is 5.75 Å². The van der Waals surface area contributed by atoms with Gasteiger partial charge in [0.05, 0.1) is 22.5 Å². The van der Waals surface area contributed by atoms with Gasteiger partial charge in [-0.15, -0.1) is 11.8 Å². The number of nitrogens with one attached hydrogen (secondary N) is 1. The Morgan fingerprint density at radius 1 is 0.574 bits per heavy atom. The Bertz CT molecular complexity index is 1550. The molecule has 0 atom stereocenters. The molecule has 0 spiro atoms. The van der Waals surface area contributed by atoms with E-state index in [4.69, 9.17) is 0 Å². The highest BCUT2D eigenvalue weighted by Crippen LogP contribution is 2.38. The molecule has 4 aromatic rings. The van der Waals surface area contributed by atoms with Crippen LogP contribution in [-0.2, 0) is 0 Å². The van der Waals surface area contributed by atoms with Crippen LogP contribution in [-0.4, -0.2) is 27.5 Å². The number of nitrogens with zero attached hydrogens (tertiary/aromatic N) is 1. The minimum absolute atomic E-state index is 0.0197. The van der Waals surface area contributed by atoms with Gasteiger partial charge in [-0.2, -0.15) is 0 Å². The molecule has 0 radical (unpaired) electrons. The Balaban J connectivity index is 1.00. The van der Waals surface area contributed by atoms with Gasteiger partial charge in [0.15, 0.2) is 5.88 Å². The summed E-state index contributed by atoms with van der Waals surface area (Å²) in [6, 6.07) is 26.4. The zero-order valence-electron chi connectivity index (χ0n) is 28.2. The fourth-order valence-electron chi connectivity index (χ4n) is 6.58. The van der Waals surface area contributed by atoms with Gasteiger partial charge >= 0.3 is 0 Å². The van der Waals surface area contributed by atoms with E-state index in [1.54, 1.807) is 0 Å². The van der Waals surface area contributed by atoms with E-state index in [9.17, 15) is 9.90 Å². The highest BCUT2D eigenvalue weighted by atomic mass is 32.2. The lowest BCUT2D eigenvalue weighted by molar-refractivity contribution is 0.101. The van der Waals surface area contributed by atoms with Gasteiger partial charge < -0.3 is 10.1 Å². The van der Waals surface area contributed by atoms with Crippen molar-refractivity contribution in [2.24, 2.45) is 4.99 Å². The van der Waals surface area contributed by atoms with Gasteiger partial charge in [-0.25, -0.2) is 4.99 Å². The number of aromatic nitrogens is 1. The molecule has 1 aromatic heterocycles. The SMILES string of the molecule is CCCCCCCCCCCCCCCCCCSc1ccc(-c2[nH]c(O)c3c2C(=O)N=C3c2ccc(-c3ccccc3)cc2)cc1. The fourth-order valence-corrected chi connectivity index (χ4v) is 7.49. The minimum atomic E-state index is -0.323. The number of fused-ring (bicyclic) bond motifs is 1. The molecule has 248 valence electrons. The first-order valence-electron chi connectivity index (χ1n) is 18.1. The van der Waals surface area contributed by atoms with Crippen LogP contribution in [0.1, 0.15) is 131 Å². The van der Waals surface area contributed by atoms with Crippen LogP contribution in [0.5, 0.6) is 5.88 Å². The lowest BCUT2D eigenvalue weighted by atomic mass is 9.98. The molecule has 1 aliphatic heterocycles. The Kier molecular flexibility index (Phi) is 13.8. The molecule has 47 heavy (non-hydrogen) atoms. The molecule has 0 saturated heterocycles. The monoisotopic (exact) mass is 648 g/mol. The van der Waals surface area contributed by atoms with Crippen molar-refractivity contribution < 1.29 is 9.90 Å². The second-order valence-electron chi connectivity index (χ2n) is 13.0. The molecule has 0 saturated carbocycles. The molecule has 0 bridgehead atoms. The quantitative estimate of drug-likeness (QED) is 0.0698. The lowest BCUT2D eigenvalue weighted by Gasteiger charge is -2.05. The third-order valence-corrected chi connectivity index (χ3v) is 10.4. The van der Waals surface area contributed by atoms with Crippen molar-refractivity contribution in [3.8, 4) is 28.3 Å². The lowest BCUT2D eigenvalue weighted by Crippen LogP contribution is -1.99. The van der Waals surface area contributed by atoms with Gasteiger partial charge in [-0.1, -0.05) is 170 Å². The minimum Gasteiger partial charge on any atom is -0.494 e. The predicted molar refractivity (Wildman–Crippen MR) is 200 cm³/mol. The van der Waals surface area contributed by atoms with Crippen LogP contribution < -0.4 is 0 Å². The van der Waals surface area contributed by atoms with E-state index in [2.05, 4.69) is 41.2 Å². The van der Waals surface area contributed by atoms with E-state index in [1.807, 2.05) is 66.4 Å².